The molecular weight excluding hydrogens is 460 g/mol. The lowest BCUT2D eigenvalue weighted by Crippen LogP contribution is -2.48. The second kappa shape index (κ2) is 9.87. The van der Waals surface area contributed by atoms with Gasteiger partial charge in [0.05, 0.1) is 23.2 Å². The van der Waals surface area contributed by atoms with E-state index in [2.05, 4.69) is 15.3 Å². The number of fused-ring (bicyclic) bond motifs is 1. The molecule has 2 aliphatic heterocycles. The number of ether oxygens (including phenoxy) is 1. The van der Waals surface area contributed by atoms with Crippen molar-refractivity contribution in [3.8, 4) is 5.75 Å². The number of allylic oxidation sites excluding steroid dienone is 3. The van der Waals surface area contributed by atoms with Crippen LogP contribution in [-0.4, -0.2) is 55.0 Å². The van der Waals surface area contributed by atoms with Crippen molar-refractivity contribution in [3.63, 3.8) is 0 Å². The molecule has 0 aromatic heterocycles. The van der Waals surface area contributed by atoms with Crippen LogP contribution in [0.4, 0.5) is 0 Å². The summed E-state index contributed by atoms with van der Waals surface area (Å²) >= 11 is 0. The highest BCUT2D eigenvalue weighted by Gasteiger charge is 2.32. The van der Waals surface area contributed by atoms with E-state index < -0.39 is 22.3 Å². The number of rotatable bonds is 6. The van der Waals surface area contributed by atoms with Gasteiger partial charge < -0.3 is 14.9 Å². The molecule has 0 bridgehead atoms. The average Bonchev–Trinajstić information content (AvgIpc) is 2.80. The van der Waals surface area contributed by atoms with E-state index in [4.69, 9.17) is 9.57 Å². The van der Waals surface area contributed by atoms with E-state index in [1.807, 2.05) is 6.92 Å². The van der Waals surface area contributed by atoms with Crippen molar-refractivity contribution < 1.29 is 27.6 Å². The second-order valence-corrected chi connectivity index (χ2v) is 8.65. The van der Waals surface area contributed by atoms with Crippen molar-refractivity contribution in [2.45, 2.75) is 32.7 Å². The number of hydrogen-bond acceptors (Lipinski definition) is 9. The molecular formula is C23H22N4O6S. The van der Waals surface area contributed by atoms with Gasteiger partial charge in [0, 0.05) is 12.8 Å². The van der Waals surface area contributed by atoms with Gasteiger partial charge in [-0.15, -0.1) is 5.06 Å². The van der Waals surface area contributed by atoms with E-state index in [0.717, 1.165) is 11.1 Å². The first-order valence-electron chi connectivity index (χ1n) is 10.5. The summed E-state index contributed by atoms with van der Waals surface area (Å²) < 4.78 is 27.3. The standard InChI is InChI=1S/C23H22N4O6S/c1-3-32-23(29)16-8-14(2)9-17(11-16)33-27-13-24-12-20-21(27)25-19(22(28)26-20)10-15-4-6-18(7-5-15)34(30)31/h4-6,8-9,11-13,19H,3,7,10H2,1-2H3,(H,26,28). The topological polar surface area (TPSA) is 127 Å². The van der Waals surface area contributed by atoms with E-state index in [9.17, 15) is 18.0 Å². The van der Waals surface area contributed by atoms with Crippen LogP contribution in [0, 0.1) is 6.92 Å². The third-order valence-electron chi connectivity index (χ3n) is 5.12. The molecule has 3 aliphatic rings. The first kappa shape index (κ1) is 23.2. The van der Waals surface area contributed by atoms with E-state index in [-0.39, 0.29) is 23.8 Å². The van der Waals surface area contributed by atoms with Crippen molar-refractivity contribution in [2.24, 2.45) is 9.98 Å². The quantitative estimate of drug-likeness (QED) is 0.484. The summed E-state index contributed by atoms with van der Waals surface area (Å²) in [7, 11) is -2.26. The Bertz CT molecular complexity index is 1330. The molecule has 10 nitrogen and oxygen atoms in total. The number of amides is 1. The van der Waals surface area contributed by atoms with Gasteiger partial charge in [-0.2, -0.15) is 8.42 Å². The Morgan fingerprint density at radius 2 is 2.09 bits per heavy atom. The van der Waals surface area contributed by atoms with Crippen LogP contribution in [0.1, 0.15) is 35.7 Å². The summed E-state index contributed by atoms with van der Waals surface area (Å²) in [5.74, 6) is -0.0319. The number of nitrogens with zero attached hydrogens (tertiary/aromatic N) is 3. The number of hydroxylamine groups is 2. The smallest absolute Gasteiger partial charge is 0.338 e. The highest BCUT2D eigenvalue weighted by molar-refractivity contribution is 7.73. The first-order chi connectivity index (χ1) is 16.3. The van der Waals surface area contributed by atoms with Crippen LogP contribution >= 0.6 is 0 Å². The lowest BCUT2D eigenvalue weighted by atomic mass is 9.99. The van der Waals surface area contributed by atoms with Crippen LogP contribution in [0.15, 0.2) is 63.9 Å². The number of aryl methyl sites for hydroxylation is 1. The van der Waals surface area contributed by atoms with Gasteiger partial charge in [0.1, 0.15) is 18.1 Å². The Morgan fingerprint density at radius 3 is 2.79 bits per heavy atom. The minimum Gasteiger partial charge on any atom is -0.462 e. The highest BCUT2D eigenvalue weighted by atomic mass is 32.2. The van der Waals surface area contributed by atoms with Gasteiger partial charge >= 0.3 is 5.97 Å². The van der Waals surface area contributed by atoms with Crippen molar-refractivity contribution in [1.29, 1.82) is 0 Å². The lowest BCUT2D eigenvalue weighted by molar-refractivity contribution is -0.121. The van der Waals surface area contributed by atoms with Gasteiger partial charge in [0.15, 0.2) is 11.6 Å². The minimum atomic E-state index is -2.26. The molecule has 1 atom stereocenters. The summed E-state index contributed by atoms with van der Waals surface area (Å²) in [6, 6.07) is 4.26. The van der Waals surface area contributed by atoms with Crippen LogP contribution in [0.5, 0.6) is 5.75 Å². The van der Waals surface area contributed by atoms with Crippen molar-refractivity contribution in [3.05, 3.63) is 65.0 Å². The number of benzene rings is 1. The Hall–Kier alpha value is -3.99. The molecule has 1 aromatic carbocycles. The number of esters is 1. The van der Waals surface area contributed by atoms with Crippen LogP contribution in [0.3, 0.4) is 0 Å². The van der Waals surface area contributed by atoms with E-state index in [1.165, 1.54) is 23.7 Å². The fourth-order valence-corrected chi connectivity index (χ4v) is 3.95. The maximum absolute atomic E-state index is 12.6. The number of aliphatic imine (C=N–C) groups is 2. The van der Waals surface area contributed by atoms with Crippen molar-refractivity contribution in [2.75, 3.05) is 6.61 Å². The zero-order valence-electron chi connectivity index (χ0n) is 18.5. The van der Waals surface area contributed by atoms with Crippen LogP contribution < -0.4 is 10.2 Å². The fraction of sp³-hybridized carbons (Fsp3) is 0.261. The maximum Gasteiger partial charge on any atom is 0.338 e. The highest BCUT2D eigenvalue weighted by Crippen LogP contribution is 2.23. The summed E-state index contributed by atoms with van der Waals surface area (Å²) in [4.78, 5) is 39.7. The SMILES string of the molecule is CCOC(=O)c1cc(C)cc(ON2C=NC=C3NC(=O)C(CC4=CCC(=S(=O)=O)C=C4)N=C32)c1. The molecule has 11 heteroatoms. The Balaban J connectivity index is 1.56. The molecule has 0 fully saturated rings. The van der Waals surface area contributed by atoms with E-state index in [0.29, 0.717) is 29.3 Å². The fourth-order valence-electron chi connectivity index (χ4n) is 3.55. The minimum absolute atomic E-state index is 0.257. The van der Waals surface area contributed by atoms with Gasteiger partial charge in [-0.3, -0.25) is 4.79 Å². The molecule has 1 aromatic rings. The zero-order valence-corrected chi connectivity index (χ0v) is 19.3. The number of amidine groups is 1. The molecule has 1 aliphatic carbocycles. The monoisotopic (exact) mass is 482 g/mol. The molecule has 1 amide bonds. The predicted octanol–water partition coefficient (Wildman–Crippen LogP) is 1.88. The lowest BCUT2D eigenvalue weighted by Gasteiger charge is -2.30. The molecule has 2 heterocycles. The summed E-state index contributed by atoms with van der Waals surface area (Å²) in [6.07, 6.45) is 8.42. The molecule has 0 saturated carbocycles. The molecule has 0 radical (unpaired) electrons. The van der Waals surface area contributed by atoms with Crippen molar-refractivity contribution in [1.82, 2.24) is 10.4 Å². The largest absolute Gasteiger partial charge is 0.462 e. The van der Waals surface area contributed by atoms with Gasteiger partial charge in [-0.25, -0.2) is 14.8 Å². The van der Waals surface area contributed by atoms with Crippen LogP contribution in [-0.2, 0) is 19.8 Å². The maximum atomic E-state index is 12.6. The normalized spacial score (nSPS) is 18.9. The summed E-state index contributed by atoms with van der Waals surface area (Å²) in [6.45, 7) is 3.82. The molecule has 4 rings (SSSR count). The van der Waals surface area contributed by atoms with Gasteiger partial charge in [0.2, 0.25) is 16.2 Å². The number of hydrogen-bond donors (Lipinski definition) is 1. The summed E-state index contributed by atoms with van der Waals surface area (Å²) in [5, 5.41) is 4.11. The van der Waals surface area contributed by atoms with Gasteiger partial charge in [0.25, 0.3) is 0 Å². The van der Waals surface area contributed by atoms with E-state index in [1.54, 1.807) is 37.3 Å². The average molecular weight is 483 g/mol. The molecule has 1 N–H and O–H groups in total. The van der Waals surface area contributed by atoms with E-state index >= 15 is 0 Å². The second-order valence-electron chi connectivity index (χ2n) is 7.66. The third kappa shape index (κ3) is 5.15. The number of carbonyl (C=O) groups is 2. The number of carbonyl (C=O) groups excluding carboxylic acids is 2. The Labute approximate surface area is 197 Å². The number of nitrogens with one attached hydrogen (secondary N) is 1. The van der Waals surface area contributed by atoms with Crippen molar-refractivity contribution >= 4 is 39.2 Å². The van der Waals surface area contributed by atoms with Crippen LogP contribution in [0.2, 0.25) is 0 Å². The molecule has 1 unspecified atom stereocenters. The molecule has 176 valence electrons. The zero-order chi connectivity index (χ0) is 24.2. The first-order valence-corrected chi connectivity index (χ1v) is 11.6. The van der Waals surface area contributed by atoms with Gasteiger partial charge in [-0.1, -0.05) is 12.2 Å². The Morgan fingerprint density at radius 1 is 1.26 bits per heavy atom. The van der Waals surface area contributed by atoms with Gasteiger partial charge in [-0.05, 0) is 49.3 Å². The molecule has 0 saturated heterocycles. The van der Waals surface area contributed by atoms with Crippen LogP contribution in [0.25, 0.3) is 0 Å². The molecule has 34 heavy (non-hydrogen) atoms. The summed E-state index contributed by atoms with van der Waals surface area (Å²) in [5.41, 5.74) is 2.34. The predicted molar refractivity (Wildman–Crippen MR) is 126 cm³/mol. The Kier molecular flexibility index (Phi) is 6.73. The molecule has 0 spiro atoms. The third-order valence-corrected chi connectivity index (χ3v) is 5.85.